The van der Waals surface area contributed by atoms with E-state index in [2.05, 4.69) is 15.4 Å². The Bertz CT molecular complexity index is 135. The molecule has 0 unspecified atom stereocenters. The number of nitrogens with zero attached hydrogens (tertiary/aromatic N) is 3. The average molecular weight is 112 g/mol. The highest BCUT2D eigenvalue weighted by molar-refractivity contribution is 5.91. The van der Waals surface area contributed by atoms with Crippen LogP contribution in [0.15, 0.2) is 15.4 Å². The van der Waals surface area contributed by atoms with Crippen LogP contribution in [0.4, 0.5) is 0 Å². The summed E-state index contributed by atoms with van der Waals surface area (Å²) in [5, 5.41) is 10.7. The quantitative estimate of drug-likeness (QED) is 0.515. The molecule has 1 rings (SSSR count). The van der Waals surface area contributed by atoms with Crippen molar-refractivity contribution in [2.45, 2.75) is 13.0 Å². The summed E-state index contributed by atoms with van der Waals surface area (Å²) in [6.07, 6.45) is 0. The van der Waals surface area contributed by atoms with Crippen molar-refractivity contribution in [1.82, 2.24) is 0 Å². The third-order valence-corrected chi connectivity index (χ3v) is 0.995. The number of hydrogen-bond acceptors (Lipinski definition) is 4. The van der Waals surface area contributed by atoms with Crippen molar-refractivity contribution >= 4 is 5.71 Å². The minimum atomic E-state index is 0.00463. The summed E-state index contributed by atoms with van der Waals surface area (Å²) >= 11 is 0. The van der Waals surface area contributed by atoms with Crippen molar-refractivity contribution in [3.63, 3.8) is 0 Å². The van der Waals surface area contributed by atoms with Gasteiger partial charge in [-0.3, -0.25) is 0 Å². The molecule has 0 spiro atoms. The van der Waals surface area contributed by atoms with E-state index >= 15 is 0 Å². The lowest BCUT2D eigenvalue weighted by Gasteiger charge is -1.97. The molecule has 0 fully saturated rings. The first-order chi connectivity index (χ1) is 3.80. The monoisotopic (exact) mass is 112 g/mol. The van der Waals surface area contributed by atoms with E-state index in [0.717, 1.165) is 5.71 Å². The Kier molecular flexibility index (Phi) is 1.34. The van der Waals surface area contributed by atoms with E-state index in [1.54, 1.807) is 0 Å². The molecule has 0 saturated carbocycles. The van der Waals surface area contributed by atoms with Crippen molar-refractivity contribution in [2.75, 3.05) is 6.54 Å². The van der Waals surface area contributed by atoms with Crippen LogP contribution in [0.25, 0.3) is 0 Å². The summed E-state index contributed by atoms with van der Waals surface area (Å²) in [6.45, 7) is 2.45. The molecule has 2 N–H and O–H groups in total. The van der Waals surface area contributed by atoms with Gasteiger partial charge in [0, 0.05) is 6.04 Å². The van der Waals surface area contributed by atoms with E-state index in [1.165, 1.54) is 0 Å². The van der Waals surface area contributed by atoms with Crippen LogP contribution in [0.3, 0.4) is 0 Å². The first-order valence-corrected chi connectivity index (χ1v) is 2.49. The second kappa shape index (κ2) is 2.00. The van der Waals surface area contributed by atoms with Gasteiger partial charge in [0.1, 0.15) is 6.54 Å². The molecule has 1 heterocycles. The van der Waals surface area contributed by atoms with Crippen molar-refractivity contribution in [3.05, 3.63) is 0 Å². The van der Waals surface area contributed by atoms with Gasteiger partial charge >= 0.3 is 0 Å². The molecular weight excluding hydrogens is 104 g/mol. The van der Waals surface area contributed by atoms with Crippen molar-refractivity contribution in [3.8, 4) is 0 Å². The Balaban J connectivity index is 2.51. The standard InChI is InChI=1S/C4H8N4/c1-3(5)4-2-6-8-7-4/h3H,2,5H2,1H3/t3-/m0/s1. The Morgan fingerprint density at radius 1 is 1.75 bits per heavy atom. The van der Waals surface area contributed by atoms with E-state index in [1.807, 2.05) is 6.92 Å². The zero-order chi connectivity index (χ0) is 5.98. The molecule has 0 aliphatic carbocycles. The maximum absolute atomic E-state index is 5.45. The largest absolute Gasteiger partial charge is 0.323 e. The molecule has 44 valence electrons. The van der Waals surface area contributed by atoms with Gasteiger partial charge in [-0.25, -0.2) is 0 Å². The second-order valence-corrected chi connectivity index (χ2v) is 1.77. The molecule has 0 aromatic rings. The number of hydrogen-bond donors (Lipinski definition) is 1. The van der Waals surface area contributed by atoms with Crippen molar-refractivity contribution < 1.29 is 0 Å². The molecule has 8 heavy (non-hydrogen) atoms. The average Bonchev–Trinajstić information content (AvgIpc) is 2.12. The molecule has 0 saturated heterocycles. The SMILES string of the molecule is C[C@H](N)C1=NN=NC1. The van der Waals surface area contributed by atoms with E-state index < -0.39 is 0 Å². The van der Waals surface area contributed by atoms with Crippen LogP contribution in [0.2, 0.25) is 0 Å². The Morgan fingerprint density at radius 3 is 2.75 bits per heavy atom. The fourth-order valence-electron chi connectivity index (χ4n) is 0.460. The summed E-state index contributed by atoms with van der Waals surface area (Å²) in [5.74, 6) is 0. The zero-order valence-corrected chi connectivity index (χ0v) is 4.70. The maximum atomic E-state index is 5.45. The molecule has 0 bridgehead atoms. The van der Waals surface area contributed by atoms with E-state index in [-0.39, 0.29) is 6.04 Å². The molecule has 1 aliphatic rings. The first kappa shape index (κ1) is 5.37. The summed E-state index contributed by atoms with van der Waals surface area (Å²) < 4.78 is 0. The van der Waals surface area contributed by atoms with Gasteiger partial charge in [0.25, 0.3) is 0 Å². The molecule has 0 aromatic heterocycles. The normalized spacial score (nSPS) is 21.0. The van der Waals surface area contributed by atoms with Crippen LogP contribution in [0.1, 0.15) is 6.92 Å². The van der Waals surface area contributed by atoms with Gasteiger partial charge in [0.05, 0.1) is 5.71 Å². The summed E-state index contributed by atoms with van der Waals surface area (Å²) in [6, 6.07) is 0.00463. The first-order valence-electron chi connectivity index (χ1n) is 2.49. The third-order valence-electron chi connectivity index (χ3n) is 0.995. The van der Waals surface area contributed by atoms with Crippen LogP contribution in [0, 0.1) is 0 Å². The molecule has 0 amide bonds. The highest BCUT2D eigenvalue weighted by Crippen LogP contribution is 1.95. The second-order valence-electron chi connectivity index (χ2n) is 1.77. The van der Waals surface area contributed by atoms with Gasteiger partial charge < -0.3 is 5.73 Å². The zero-order valence-electron chi connectivity index (χ0n) is 4.70. The Morgan fingerprint density at radius 2 is 2.50 bits per heavy atom. The van der Waals surface area contributed by atoms with Gasteiger partial charge in [-0.15, -0.1) is 5.10 Å². The van der Waals surface area contributed by atoms with E-state index in [9.17, 15) is 0 Å². The molecule has 4 heteroatoms. The lowest BCUT2D eigenvalue weighted by Crippen LogP contribution is -2.27. The van der Waals surface area contributed by atoms with Crippen LogP contribution in [-0.2, 0) is 0 Å². The third kappa shape index (κ3) is 0.894. The summed E-state index contributed by atoms with van der Waals surface area (Å²) in [5.41, 5.74) is 6.31. The van der Waals surface area contributed by atoms with Gasteiger partial charge in [0.15, 0.2) is 0 Å². The molecular formula is C4H8N4. The fourth-order valence-corrected chi connectivity index (χ4v) is 0.460. The Labute approximate surface area is 47.5 Å². The van der Waals surface area contributed by atoms with E-state index in [4.69, 9.17) is 5.73 Å². The maximum Gasteiger partial charge on any atom is 0.104 e. The van der Waals surface area contributed by atoms with Gasteiger partial charge in [0.2, 0.25) is 0 Å². The fraction of sp³-hybridized carbons (Fsp3) is 0.750. The Hall–Kier alpha value is -0.770. The van der Waals surface area contributed by atoms with Crippen LogP contribution < -0.4 is 5.73 Å². The summed E-state index contributed by atoms with van der Waals surface area (Å²) in [4.78, 5) is 0. The lowest BCUT2D eigenvalue weighted by molar-refractivity contribution is 0.960. The van der Waals surface area contributed by atoms with Crippen LogP contribution >= 0.6 is 0 Å². The van der Waals surface area contributed by atoms with Gasteiger partial charge in [-0.1, -0.05) is 0 Å². The lowest BCUT2D eigenvalue weighted by atomic mass is 10.2. The van der Waals surface area contributed by atoms with E-state index in [0.29, 0.717) is 6.54 Å². The minimum absolute atomic E-state index is 0.00463. The highest BCUT2D eigenvalue weighted by Gasteiger charge is 2.07. The van der Waals surface area contributed by atoms with Crippen LogP contribution in [-0.4, -0.2) is 18.3 Å². The highest BCUT2D eigenvalue weighted by atomic mass is 15.4. The van der Waals surface area contributed by atoms with Crippen molar-refractivity contribution in [2.24, 2.45) is 21.2 Å². The topological polar surface area (TPSA) is 63.1 Å². The number of rotatable bonds is 1. The molecule has 0 radical (unpaired) electrons. The van der Waals surface area contributed by atoms with Crippen molar-refractivity contribution in [1.29, 1.82) is 0 Å². The van der Waals surface area contributed by atoms with Gasteiger partial charge in [-0.05, 0) is 12.1 Å². The number of nitrogens with two attached hydrogens (primary N) is 1. The smallest absolute Gasteiger partial charge is 0.104 e. The van der Waals surface area contributed by atoms with Crippen LogP contribution in [0.5, 0.6) is 0 Å². The molecule has 1 aliphatic heterocycles. The molecule has 4 nitrogen and oxygen atoms in total. The predicted molar refractivity (Wildman–Crippen MR) is 30.8 cm³/mol. The molecule has 1 atom stereocenters. The minimum Gasteiger partial charge on any atom is -0.323 e. The summed E-state index contributed by atoms with van der Waals surface area (Å²) in [7, 11) is 0. The molecule has 0 aromatic carbocycles. The van der Waals surface area contributed by atoms with Gasteiger partial charge in [-0.2, -0.15) is 5.11 Å². The predicted octanol–water partition coefficient (Wildman–Crippen LogP) is 0.155.